The fraction of sp³-hybridized carbons (Fsp3) is 0.238. The molecule has 1 saturated heterocycles. The first kappa shape index (κ1) is 18.2. The number of thiazole rings is 1. The van der Waals surface area contributed by atoms with E-state index in [9.17, 15) is 4.79 Å². The summed E-state index contributed by atoms with van der Waals surface area (Å²) in [5.41, 5.74) is 2.13. The van der Waals surface area contributed by atoms with E-state index in [1.807, 2.05) is 48.7 Å². The standard InChI is InChI=1S/C21H19BrN2O2S/c22-17-10-8-16(9-11-17)19-13-23-21(27-19)24-12-4-7-18(24)20(25)26-14-15-5-2-1-3-6-15/h1-3,5-6,8-11,13,18H,4,7,12,14H2. The van der Waals surface area contributed by atoms with Gasteiger partial charge < -0.3 is 9.64 Å². The molecule has 3 aromatic rings. The van der Waals surface area contributed by atoms with Crippen LogP contribution in [0.5, 0.6) is 0 Å². The van der Waals surface area contributed by atoms with Crippen LogP contribution in [-0.4, -0.2) is 23.5 Å². The van der Waals surface area contributed by atoms with Crippen molar-refractivity contribution in [2.45, 2.75) is 25.5 Å². The van der Waals surface area contributed by atoms with E-state index in [4.69, 9.17) is 4.74 Å². The summed E-state index contributed by atoms with van der Waals surface area (Å²) in [5, 5.41) is 0.882. The highest BCUT2D eigenvalue weighted by Crippen LogP contribution is 2.35. The van der Waals surface area contributed by atoms with Gasteiger partial charge in [0.05, 0.1) is 4.88 Å². The van der Waals surface area contributed by atoms with E-state index < -0.39 is 0 Å². The Morgan fingerprint density at radius 2 is 1.96 bits per heavy atom. The molecule has 4 nitrogen and oxygen atoms in total. The summed E-state index contributed by atoms with van der Waals surface area (Å²) in [4.78, 5) is 20.4. The molecule has 0 radical (unpaired) electrons. The Morgan fingerprint density at radius 3 is 2.74 bits per heavy atom. The molecule has 27 heavy (non-hydrogen) atoms. The SMILES string of the molecule is O=C(OCc1ccccc1)C1CCCN1c1ncc(-c2ccc(Br)cc2)s1. The Kier molecular flexibility index (Phi) is 5.55. The number of rotatable bonds is 5. The van der Waals surface area contributed by atoms with E-state index in [0.717, 1.165) is 45.0 Å². The Morgan fingerprint density at radius 1 is 1.19 bits per heavy atom. The van der Waals surface area contributed by atoms with Crippen LogP contribution in [0.15, 0.2) is 65.3 Å². The van der Waals surface area contributed by atoms with E-state index in [1.54, 1.807) is 11.3 Å². The van der Waals surface area contributed by atoms with Gasteiger partial charge in [0.15, 0.2) is 5.13 Å². The number of anilines is 1. The van der Waals surface area contributed by atoms with Crippen LogP contribution in [0.3, 0.4) is 0 Å². The van der Waals surface area contributed by atoms with E-state index in [2.05, 4.69) is 37.9 Å². The molecule has 0 aliphatic carbocycles. The van der Waals surface area contributed by atoms with Crippen LogP contribution in [0.4, 0.5) is 5.13 Å². The summed E-state index contributed by atoms with van der Waals surface area (Å²) in [6, 6.07) is 17.7. The number of carbonyl (C=O) groups excluding carboxylic acids is 1. The van der Waals surface area contributed by atoms with Gasteiger partial charge >= 0.3 is 5.97 Å². The van der Waals surface area contributed by atoms with E-state index in [0.29, 0.717) is 6.61 Å². The minimum Gasteiger partial charge on any atom is -0.459 e. The molecule has 4 rings (SSSR count). The molecule has 0 saturated carbocycles. The summed E-state index contributed by atoms with van der Waals surface area (Å²) in [6.45, 7) is 1.14. The predicted octanol–water partition coefficient (Wildman–Crippen LogP) is 5.28. The van der Waals surface area contributed by atoms with Crippen LogP contribution in [0.2, 0.25) is 0 Å². The number of hydrogen-bond donors (Lipinski definition) is 0. The Hall–Kier alpha value is -2.18. The highest BCUT2D eigenvalue weighted by atomic mass is 79.9. The lowest BCUT2D eigenvalue weighted by Crippen LogP contribution is -2.37. The number of ether oxygens (including phenoxy) is 1. The highest BCUT2D eigenvalue weighted by Gasteiger charge is 2.33. The molecule has 2 aromatic carbocycles. The molecule has 0 N–H and O–H groups in total. The fourth-order valence-corrected chi connectivity index (χ4v) is 4.47. The summed E-state index contributed by atoms with van der Waals surface area (Å²) < 4.78 is 6.61. The number of halogens is 1. The van der Waals surface area contributed by atoms with Crippen molar-refractivity contribution in [1.82, 2.24) is 4.98 Å². The molecular formula is C21H19BrN2O2S. The predicted molar refractivity (Wildman–Crippen MR) is 112 cm³/mol. The zero-order valence-electron chi connectivity index (χ0n) is 14.7. The molecule has 6 heteroatoms. The molecule has 1 unspecified atom stereocenters. The van der Waals surface area contributed by atoms with Crippen LogP contribution < -0.4 is 4.90 Å². The van der Waals surface area contributed by atoms with Gasteiger partial charge in [0.2, 0.25) is 0 Å². The quantitative estimate of drug-likeness (QED) is 0.503. The minimum absolute atomic E-state index is 0.170. The average molecular weight is 443 g/mol. The van der Waals surface area contributed by atoms with Gasteiger partial charge in [0.1, 0.15) is 12.6 Å². The third kappa shape index (κ3) is 4.22. The number of hydrogen-bond acceptors (Lipinski definition) is 5. The smallest absolute Gasteiger partial charge is 0.329 e. The maximum atomic E-state index is 12.6. The molecule has 1 aromatic heterocycles. The third-order valence-electron chi connectivity index (χ3n) is 4.62. The van der Waals surface area contributed by atoms with Gasteiger partial charge in [-0.05, 0) is 36.1 Å². The molecule has 2 heterocycles. The number of nitrogens with zero attached hydrogens (tertiary/aromatic N) is 2. The molecule has 1 aliphatic rings. The topological polar surface area (TPSA) is 42.4 Å². The van der Waals surface area contributed by atoms with Crippen molar-refractivity contribution in [3.63, 3.8) is 0 Å². The zero-order valence-corrected chi connectivity index (χ0v) is 17.1. The lowest BCUT2D eigenvalue weighted by Gasteiger charge is -2.22. The lowest BCUT2D eigenvalue weighted by molar-refractivity contribution is -0.146. The first-order valence-electron chi connectivity index (χ1n) is 8.90. The number of aromatic nitrogens is 1. The Labute approximate surface area is 170 Å². The molecule has 1 fully saturated rings. The van der Waals surface area contributed by atoms with Crippen molar-refractivity contribution in [1.29, 1.82) is 0 Å². The van der Waals surface area contributed by atoms with Gasteiger partial charge in [-0.1, -0.05) is 69.7 Å². The molecule has 1 atom stereocenters. The minimum atomic E-state index is -0.252. The van der Waals surface area contributed by atoms with Crippen LogP contribution in [0, 0.1) is 0 Å². The fourth-order valence-electron chi connectivity index (χ4n) is 3.21. The molecule has 0 amide bonds. The van der Waals surface area contributed by atoms with Crippen molar-refractivity contribution in [3.8, 4) is 10.4 Å². The van der Waals surface area contributed by atoms with Gasteiger partial charge in [-0.25, -0.2) is 9.78 Å². The second-order valence-corrected chi connectivity index (χ2v) is 8.38. The lowest BCUT2D eigenvalue weighted by atomic mass is 10.2. The highest BCUT2D eigenvalue weighted by molar-refractivity contribution is 9.10. The van der Waals surface area contributed by atoms with Crippen molar-refractivity contribution >= 4 is 38.4 Å². The second-order valence-electron chi connectivity index (χ2n) is 6.46. The number of benzene rings is 2. The summed E-state index contributed by atoms with van der Waals surface area (Å²) in [5.74, 6) is -0.170. The van der Waals surface area contributed by atoms with E-state index in [1.165, 1.54) is 0 Å². The van der Waals surface area contributed by atoms with Crippen LogP contribution >= 0.6 is 27.3 Å². The third-order valence-corrected chi connectivity index (χ3v) is 6.23. The van der Waals surface area contributed by atoms with Gasteiger partial charge in [0.25, 0.3) is 0 Å². The average Bonchev–Trinajstić information content (AvgIpc) is 3.37. The molecule has 0 spiro atoms. The summed E-state index contributed by atoms with van der Waals surface area (Å²) in [6.07, 6.45) is 3.66. The summed E-state index contributed by atoms with van der Waals surface area (Å²) in [7, 11) is 0. The molecular weight excluding hydrogens is 424 g/mol. The molecule has 0 bridgehead atoms. The molecule has 138 valence electrons. The Bertz CT molecular complexity index is 911. The van der Waals surface area contributed by atoms with Crippen molar-refractivity contribution in [3.05, 3.63) is 70.8 Å². The first-order chi connectivity index (χ1) is 13.2. The van der Waals surface area contributed by atoms with Crippen molar-refractivity contribution in [2.75, 3.05) is 11.4 Å². The van der Waals surface area contributed by atoms with Crippen molar-refractivity contribution in [2.24, 2.45) is 0 Å². The monoisotopic (exact) mass is 442 g/mol. The van der Waals surface area contributed by atoms with Gasteiger partial charge in [-0.15, -0.1) is 0 Å². The molecule has 1 aliphatic heterocycles. The van der Waals surface area contributed by atoms with E-state index in [-0.39, 0.29) is 12.0 Å². The zero-order chi connectivity index (χ0) is 18.6. The largest absolute Gasteiger partial charge is 0.459 e. The maximum absolute atomic E-state index is 12.6. The maximum Gasteiger partial charge on any atom is 0.329 e. The van der Waals surface area contributed by atoms with Crippen LogP contribution in [-0.2, 0) is 16.1 Å². The van der Waals surface area contributed by atoms with Gasteiger partial charge in [-0.3, -0.25) is 0 Å². The van der Waals surface area contributed by atoms with Gasteiger partial charge in [0, 0.05) is 17.2 Å². The number of carbonyl (C=O) groups is 1. The van der Waals surface area contributed by atoms with Crippen molar-refractivity contribution < 1.29 is 9.53 Å². The Balaban J connectivity index is 1.45. The summed E-state index contributed by atoms with van der Waals surface area (Å²) >= 11 is 5.08. The van der Waals surface area contributed by atoms with Crippen LogP contribution in [0.25, 0.3) is 10.4 Å². The number of esters is 1. The normalized spacial score (nSPS) is 16.5. The second kappa shape index (κ2) is 8.23. The van der Waals surface area contributed by atoms with E-state index >= 15 is 0 Å². The van der Waals surface area contributed by atoms with Crippen LogP contribution in [0.1, 0.15) is 18.4 Å². The first-order valence-corrected chi connectivity index (χ1v) is 10.5. The van der Waals surface area contributed by atoms with Gasteiger partial charge in [-0.2, -0.15) is 0 Å².